The average molecular weight is 243 g/mol. The zero-order valence-electron chi connectivity index (χ0n) is 10.7. The van der Waals surface area contributed by atoms with Gasteiger partial charge in [0.1, 0.15) is 0 Å². The number of anilines is 1. The molecule has 1 N–H and O–H groups in total. The van der Waals surface area contributed by atoms with Crippen molar-refractivity contribution in [1.29, 1.82) is 0 Å². The molecule has 4 heteroatoms. The van der Waals surface area contributed by atoms with Gasteiger partial charge in [-0.1, -0.05) is 37.2 Å². The highest BCUT2D eigenvalue weighted by atomic mass is 16.5. The standard InChI is InChI=1S/C14H17N3O/c1-9(2)7-13-16-14(18-17-13)11-8-15-12-6-4-3-5-10(11)12/h3-6,9,11,15H,7-8H2,1-2H3. The van der Waals surface area contributed by atoms with Gasteiger partial charge in [0.15, 0.2) is 5.82 Å². The van der Waals surface area contributed by atoms with Gasteiger partial charge in [0.2, 0.25) is 5.89 Å². The van der Waals surface area contributed by atoms with Crippen molar-refractivity contribution in [3.05, 3.63) is 41.5 Å². The van der Waals surface area contributed by atoms with E-state index in [4.69, 9.17) is 4.52 Å². The Balaban J connectivity index is 1.86. The summed E-state index contributed by atoms with van der Waals surface area (Å²) in [6.07, 6.45) is 0.866. The van der Waals surface area contributed by atoms with E-state index in [0.717, 1.165) is 24.7 Å². The van der Waals surface area contributed by atoms with Crippen LogP contribution in [0.15, 0.2) is 28.8 Å². The molecule has 1 aromatic carbocycles. The zero-order chi connectivity index (χ0) is 12.5. The van der Waals surface area contributed by atoms with E-state index in [1.807, 2.05) is 12.1 Å². The van der Waals surface area contributed by atoms with Gasteiger partial charge in [0.25, 0.3) is 0 Å². The summed E-state index contributed by atoms with van der Waals surface area (Å²) in [6, 6.07) is 8.28. The second kappa shape index (κ2) is 4.44. The Morgan fingerprint density at radius 2 is 2.22 bits per heavy atom. The predicted octanol–water partition coefficient (Wildman–Crippen LogP) is 2.83. The molecule has 1 aliphatic heterocycles. The van der Waals surface area contributed by atoms with Gasteiger partial charge in [-0.25, -0.2) is 0 Å². The zero-order valence-corrected chi connectivity index (χ0v) is 10.7. The third-order valence-electron chi connectivity index (χ3n) is 3.21. The summed E-state index contributed by atoms with van der Waals surface area (Å²) >= 11 is 0. The average Bonchev–Trinajstić information content (AvgIpc) is 2.94. The third-order valence-corrected chi connectivity index (χ3v) is 3.21. The highest BCUT2D eigenvalue weighted by Crippen LogP contribution is 2.34. The van der Waals surface area contributed by atoms with E-state index in [1.54, 1.807) is 0 Å². The SMILES string of the molecule is CC(C)Cc1noc(C2CNc3ccccc32)n1. The molecule has 18 heavy (non-hydrogen) atoms. The summed E-state index contributed by atoms with van der Waals surface area (Å²) in [5.74, 6) is 2.27. The van der Waals surface area contributed by atoms with Gasteiger partial charge in [-0.15, -0.1) is 0 Å². The highest BCUT2D eigenvalue weighted by Gasteiger charge is 2.28. The monoisotopic (exact) mass is 243 g/mol. The lowest BCUT2D eigenvalue weighted by Gasteiger charge is -2.03. The molecule has 0 spiro atoms. The largest absolute Gasteiger partial charge is 0.384 e. The van der Waals surface area contributed by atoms with Crippen molar-refractivity contribution in [3.8, 4) is 0 Å². The molecule has 1 aromatic heterocycles. The van der Waals surface area contributed by atoms with E-state index in [0.29, 0.717) is 5.92 Å². The predicted molar refractivity (Wildman–Crippen MR) is 69.6 cm³/mol. The van der Waals surface area contributed by atoms with E-state index in [2.05, 4.69) is 41.4 Å². The van der Waals surface area contributed by atoms with E-state index in [-0.39, 0.29) is 5.92 Å². The van der Waals surface area contributed by atoms with E-state index >= 15 is 0 Å². The molecule has 94 valence electrons. The van der Waals surface area contributed by atoms with Crippen LogP contribution < -0.4 is 5.32 Å². The summed E-state index contributed by atoms with van der Waals surface area (Å²) in [7, 11) is 0. The molecular formula is C14H17N3O. The minimum absolute atomic E-state index is 0.189. The Kier molecular flexibility index (Phi) is 2.78. The number of nitrogens with zero attached hydrogens (tertiary/aromatic N) is 2. The fraction of sp³-hybridized carbons (Fsp3) is 0.429. The normalized spacial score (nSPS) is 17.8. The second-order valence-corrected chi connectivity index (χ2v) is 5.17. The molecule has 0 radical (unpaired) electrons. The molecule has 0 aliphatic carbocycles. The number of benzene rings is 1. The first-order valence-electron chi connectivity index (χ1n) is 6.39. The van der Waals surface area contributed by atoms with Crippen LogP contribution in [0.5, 0.6) is 0 Å². The second-order valence-electron chi connectivity index (χ2n) is 5.17. The number of hydrogen-bond acceptors (Lipinski definition) is 4. The fourth-order valence-corrected chi connectivity index (χ4v) is 2.36. The van der Waals surface area contributed by atoms with Crippen molar-refractivity contribution in [2.24, 2.45) is 5.92 Å². The molecule has 3 rings (SSSR count). The van der Waals surface area contributed by atoms with Crippen LogP contribution >= 0.6 is 0 Å². The van der Waals surface area contributed by atoms with Crippen LogP contribution in [-0.4, -0.2) is 16.7 Å². The molecule has 2 heterocycles. The molecule has 4 nitrogen and oxygen atoms in total. The first-order valence-corrected chi connectivity index (χ1v) is 6.39. The van der Waals surface area contributed by atoms with Crippen LogP contribution in [0.3, 0.4) is 0 Å². The summed E-state index contributed by atoms with van der Waals surface area (Å²) < 4.78 is 5.41. The summed E-state index contributed by atoms with van der Waals surface area (Å²) in [4.78, 5) is 4.51. The number of aromatic nitrogens is 2. The number of nitrogens with one attached hydrogen (secondary N) is 1. The number of para-hydroxylation sites is 1. The maximum atomic E-state index is 5.41. The summed E-state index contributed by atoms with van der Waals surface area (Å²) in [6.45, 7) is 5.15. The Morgan fingerprint density at radius 1 is 1.39 bits per heavy atom. The highest BCUT2D eigenvalue weighted by molar-refractivity contribution is 5.59. The van der Waals surface area contributed by atoms with Crippen LogP contribution in [0.2, 0.25) is 0 Å². The van der Waals surface area contributed by atoms with Gasteiger partial charge in [0, 0.05) is 18.7 Å². The minimum Gasteiger partial charge on any atom is -0.384 e. The molecule has 2 aromatic rings. The van der Waals surface area contributed by atoms with Crippen molar-refractivity contribution >= 4 is 5.69 Å². The number of hydrogen-bond donors (Lipinski definition) is 1. The van der Waals surface area contributed by atoms with Crippen LogP contribution in [0.4, 0.5) is 5.69 Å². The molecule has 1 aliphatic rings. The Labute approximate surface area is 106 Å². The van der Waals surface area contributed by atoms with E-state index in [1.165, 1.54) is 11.3 Å². The van der Waals surface area contributed by atoms with Crippen LogP contribution in [0.1, 0.15) is 37.0 Å². The molecule has 0 bridgehead atoms. The maximum absolute atomic E-state index is 5.41. The Bertz CT molecular complexity index is 547. The van der Waals surface area contributed by atoms with Gasteiger partial charge in [0.05, 0.1) is 5.92 Å². The lowest BCUT2D eigenvalue weighted by Crippen LogP contribution is -2.04. The third kappa shape index (κ3) is 1.98. The topological polar surface area (TPSA) is 51.0 Å². The molecule has 0 saturated heterocycles. The summed E-state index contributed by atoms with van der Waals surface area (Å²) in [5.41, 5.74) is 2.42. The quantitative estimate of drug-likeness (QED) is 0.900. The van der Waals surface area contributed by atoms with Gasteiger partial charge in [-0.2, -0.15) is 4.98 Å². The van der Waals surface area contributed by atoms with Crippen molar-refractivity contribution in [3.63, 3.8) is 0 Å². The fourth-order valence-electron chi connectivity index (χ4n) is 2.36. The number of fused-ring (bicyclic) bond motifs is 1. The van der Waals surface area contributed by atoms with Crippen molar-refractivity contribution in [2.75, 3.05) is 11.9 Å². The minimum atomic E-state index is 0.189. The van der Waals surface area contributed by atoms with Crippen LogP contribution in [0, 0.1) is 5.92 Å². The van der Waals surface area contributed by atoms with Gasteiger partial charge in [-0.05, 0) is 17.5 Å². The molecule has 1 atom stereocenters. The lowest BCUT2D eigenvalue weighted by atomic mass is 10.0. The first kappa shape index (κ1) is 11.3. The first-order chi connectivity index (χ1) is 8.74. The maximum Gasteiger partial charge on any atom is 0.236 e. The van der Waals surface area contributed by atoms with Crippen molar-refractivity contribution in [2.45, 2.75) is 26.2 Å². The Morgan fingerprint density at radius 3 is 3.06 bits per heavy atom. The van der Waals surface area contributed by atoms with Gasteiger partial charge in [-0.3, -0.25) is 0 Å². The molecule has 0 saturated carbocycles. The van der Waals surface area contributed by atoms with Crippen molar-refractivity contribution in [1.82, 2.24) is 10.1 Å². The summed E-state index contributed by atoms with van der Waals surface area (Å²) in [5, 5.41) is 7.43. The Hall–Kier alpha value is -1.84. The lowest BCUT2D eigenvalue weighted by molar-refractivity contribution is 0.363. The van der Waals surface area contributed by atoms with Crippen molar-refractivity contribution < 1.29 is 4.52 Å². The molecular weight excluding hydrogens is 226 g/mol. The smallest absolute Gasteiger partial charge is 0.236 e. The van der Waals surface area contributed by atoms with Crippen LogP contribution in [0.25, 0.3) is 0 Å². The van der Waals surface area contributed by atoms with Crippen LogP contribution in [-0.2, 0) is 6.42 Å². The molecule has 0 fully saturated rings. The molecule has 1 unspecified atom stereocenters. The van der Waals surface area contributed by atoms with Gasteiger partial charge >= 0.3 is 0 Å². The number of rotatable bonds is 3. The van der Waals surface area contributed by atoms with Gasteiger partial charge < -0.3 is 9.84 Å². The molecule has 0 amide bonds. The van der Waals surface area contributed by atoms with E-state index < -0.39 is 0 Å². The van der Waals surface area contributed by atoms with E-state index in [9.17, 15) is 0 Å².